The molecule has 2 aliphatic heterocycles. The Morgan fingerprint density at radius 2 is 2.17 bits per heavy atom. The van der Waals surface area contributed by atoms with E-state index in [0.717, 1.165) is 35.7 Å². The van der Waals surface area contributed by atoms with Gasteiger partial charge in [0.25, 0.3) is 5.91 Å². The van der Waals surface area contributed by atoms with Crippen LogP contribution in [0.15, 0.2) is 28.1 Å². The van der Waals surface area contributed by atoms with Crippen LogP contribution in [0.25, 0.3) is 0 Å². The third-order valence-corrected chi connectivity index (χ3v) is 6.53. The number of rotatable bonds is 5. The van der Waals surface area contributed by atoms with E-state index in [9.17, 15) is 9.59 Å². The number of fused-ring (bicyclic) bond motifs is 1. The number of thiazole rings is 1. The molecule has 0 unspecified atom stereocenters. The molecular weight excluding hydrogens is 456 g/mol. The summed E-state index contributed by atoms with van der Waals surface area (Å²) in [5.41, 5.74) is 1.57. The van der Waals surface area contributed by atoms with E-state index < -0.39 is 0 Å². The van der Waals surface area contributed by atoms with Crippen LogP contribution in [-0.2, 0) is 16.1 Å². The highest BCUT2D eigenvalue weighted by molar-refractivity contribution is 9.10. The number of hydrogen-bond donors (Lipinski definition) is 1. The highest BCUT2D eigenvalue weighted by atomic mass is 79.9. The fraction of sp³-hybridized carbons (Fsp3) is 0.450. The van der Waals surface area contributed by atoms with Crippen molar-refractivity contribution >= 4 is 49.9 Å². The Labute approximate surface area is 182 Å². The summed E-state index contributed by atoms with van der Waals surface area (Å²) in [5, 5.41) is 5.37. The van der Waals surface area contributed by atoms with Gasteiger partial charge in [-0.15, -0.1) is 11.3 Å². The van der Waals surface area contributed by atoms with Gasteiger partial charge in [0.2, 0.25) is 5.91 Å². The maximum atomic E-state index is 12.5. The van der Waals surface area contributed by atoms with Crippen molar-refractivity contribution in [2.75, 3.05) is 36.5 Å². The van der Waals surface area contributed by atoms with Crippen molar-refractivity contribution in [2.24, 2.45) is 5.92 Å². The maximum Gasteiger partial charge on any atom is 0.265 e. The zero-order valence-electron chi connectivity index (χ0n) is 16.2. The molecule has 1 aromatic heterocycles. The summed E-state index contributed by atoms with van der Waals surface area (Å²) in [7, 11) is 0. The summed E-state index contributed by atoms with van der Waals surface area (Å²) in [6.45, 7) is 5.14. The summed E-state index contributed by atoms with van der Waals surface area (Å²) in [6.07, 6.45) is 2.44. The van der Waals surface area contributed by atoms with Crippen LogP contribution in [0.3, 0.4) is 0 Å². The average molecular weight is 479 g/mol. The predicted molar refractivity (Wildman–Crippen MR) is 116 cm³/mol. The predicted octanol–water partition coefficient (Wildman–Crippen LogP) is 3.50. The molecule has 1 aromatic carbocycles. The van der Waals surface area contributed by atoms with Gasteiger partial charge in [0, 0.05) is 16.4 Å². The molecule has 0 bridgehead atoms. The van der Waals surface area contributed by atoms with Crippen LogP contribution in [0, 0.1) is 5.92 Å². The molecule has 0 atom stereocenters. The summed E-state index contributed by atoms with van der Waals surface area (Å²) >= 11 is 4.80. The summed E-state index contributed by atoms with van der Waals surface area (Å²) in [5.74, 6) is 0.862. The smallest absolute Gasteiger partial charge is 0.265 e. The van der Waals surface area contributed by atoms with Crippen molar-refractivity contribution < 1.29 is 14.3 Å². The number of likely N-dealkylation sites (tertiary alicyclic amines) is 1. The van der Waals surface area contributed by atoms with Gasteiger partial charge in [-0.25, -0.2) is 4.98 Å². The molecule has 1 fully saturated rings. The van der Waals surface area contributed by atoms with Crippen LogP contribution < -0.4 is 15.0 Å². The van der Waals surface area contributed by atoms with Gasteiger partial charge in [0.1, 0.15) is 12.3 Å². The summed E-state index contributed by atoms with van der Waals surface area (Å²) in [6, 6.07) is 5.38. The van der Waals surface area contributed by atoms with E-state index in [1.54, 1.807) is 12.1 Å². The fourth-order valence-electron chi connectivity index (χ4n) is 3.54. The Kier molecular flexibility index (Phi) is 6.17. The van der Waals surface area contributed by atoms with Gasteiger partial charge in [0.05, 0.1) is 11.4 Å². The molecule has 9 heteroatoms. The summed E-state index contributed by atoms with van der Waals surface area (Å²) < 4.78 is 6.32. The van der Waals surface area contributed by atoms with E-state index in [0.29, 0.717) is 16.6 Å². The molecule has 0 aliphatic carbocycles. The van der Waals surface area contributed by atoms with Crippen LogP contribution in [-0.4, -0.2) is 47.9 Å². The highest BCUT2D eigenvalue weighted by Gasteiger charge is 2.27. The number of benzene rings is 1. The molecule has 7 nitrogen and oxygen atoms in total. The van der Waals surface area contributed by atoms with Crippen molar-refractivity contribution in [1.29, 1.82) is 0 Å². The normalized spacial score (nSPS) is 17.7. The Morgan fingerprint density at radius 3 is 2.97 bits per heavy atom. The maximum absolute atomic E-state index is 12.5. The molecule has 154 valence electrons. The van der Waals surface area contributed by atoms with Gasteiger partial charge in [-0.05, 0) is 50.0 Å². The van der Waals surface area contributed by atoms with Crippen LogP contribution in [0.4, 0.5) is 10.8 Å². The molecule has 2 amide bonds. The van der Waals surface area contributed by atoms with Gasteiger partial charge in [-0.3, -0.25) is 19.4 Å². The minimum atomic E-state index is -0.276. The Hall–Kier alpha value is -1.97. The van der Waals surface area contributed by atoms with E-state index in [4.69, 9.17) is 4.74 Å². The molecule has 2 aliphatic rings. The largest absolute Gasteiger partial charge is 0.482 e. The SMILES string of the molecule is CC1CCN(Cc2csc(NC(=O)CN3C(=O)COc4cc(Br)ccc43)n2)CC1. The molecule has 0 radical (unpaired) electrons. The first-order valence-electron chi connectivity index (χ1n) is 9.67. The minimum Gasteiger partial charge on any atom is -0.482 e. The molecule has 0 saturated carbocycles. The number of ether oxygens (including phenoxy) is 1. The second kappa shape index (κ2) is 8.81. The van der Waals surface area contributed by atoms with Crippen molar-refractivity contribution in [1.82, 2.24) is 9.88 Å². The Bertz CT molecular complexity index is 911. The van der Waals surface area contributed by atoms with Crippen LogP contribution in [0.2, 0.25) is 0 Å². The lowest BCUT2D eigenvalue weighted by atomic mass is 9.99. The lowest BCUT2D eigenvalue weighted by molar-refractivity contribution is -0.123. The number of amides is 2. The molecule has 4 rings (SSSR count). The van der Waals surface area contributed by atoms with E-state index in [2.05, 4.69) is 38.1 Å². The number of piperidine rings is 1. The van der Waals surface area contributed by atoms with E-state index in [-0.39, 0.29) is 25.0 Å². The number of nitrogens with one attached hydrogen (secondary N) is 1. The fourth-order valence-corrected chi connectivity index (χ4v) is 4.60. The molecule has 0 spiro atoms. The minimum absolute atomic E-state index is 0.0737. The number of halogens is 1. The van der Waals surface area contributed by atoms with Crippen molar-refractivity contribution in [2.45, 2.75) is 26.3 Å². The Balaban J connectivity index is 1.36. The Morgan fingerprint density at radius 1 is 1.38 bits per heavy atom. The average Bonchev–Trinajstić information content (AvgIpc) is 3.12. The highest BCUT2D eigenvalue weighted by Crippen LogP contribution is 2.34. The summed E-state index contributed by atoms with van der Waals surface area (Å²) in [4.78, 5) is 33.2. The lowest BCUT2D eigenvalue weighted by Crippen LogP contribution is -2.43. The quantitative estimate of drug-likeness (QED) is 0.711. The van der Waals surface area contributed by atoms with E-state index in [1.807, 2.05) is 11.4 Å². The number of carbonyl (C=O) groups excluding carboxylic acids is 2. The first-order chi connectivity index (χ1) is 14.0. The number of nitrogens with zero attached hydrogens (tertiary/aromatic N) is 3. The molecule has 2 aromatic rings. The second-order valence-electron chi connectivity index (χ2n) is 7.53. The van der Waals surface area contributed by atoms with Crippen LogP contribution >= 0.6 is 27.3 Å². The number of anilines is 2. The van der Waals surface area contributed by atoms with E-state index >= 15 is 0 Å². The third kappa shape index (κ3) is 4.96. The van der Waals surface area contributed by atoms with Gasteiger partial charge >= 0.3 is 0 Å². The molecule has 29 heavy (non-hydrogen) atoms. The first kappa shape index (κ1) is 20.3. The van der Waals surface area contributed by atoms with Gasteiger partial charge in [-0.1, -0.05) is 22.9 Å². The number of hydrogen-bond acceptors (Lipinski definition) is 6. The zero-order chi connectivity index (χ0) is 20.4. The van der Waals surface area contributed by atoms with Gasteiger partial charge in [0.15, 0.2) is 11.7 Å². The molecule has 1 saturated heterocycles. The monoisotopic (exact) mass is 478 g/mol. The number of aromatic nitrogens is 1. The van der Waals surface area contributed by atoms with Crippen molar-refractivity contribution in [3.05, 3.63) is 33.7 Å². The molecular formula is C20H23BrN4O3S. The van der Waals surface area contributed by atoms with E-state index in [1.165, 1.54) is 29.1 Å². The number of carbonyl (C=O) groups is 2. The second-order valence-corrected chi connectivity index (χ2v) is 9.31. The topological polar surface area (TPSA) is 74.8 Å². The standard InChI is InChI=1S/C20H23BrN4O3S/c1-13-4-6-24(7-5-13)9-15-12-29-20(22-15)23-18(26)10-25-16-3-2-14(21)8-17(16)28-11-19(25)27/h2-3,8,12-13H,4-7,9-11H2,1H3,(H,22,23,26). The van der Waals surface area contributed by atoms with Crippen LogP contribution in [0.5, 0.6) is 5.75 Å². The van der Waals surface area contributed by atoms with Gasteiger partial charge < -0.3 is 10.1 Å². The van der Waals surface area contributed by atoms with Gasteiger partial charge in [-0.2, -0.15) is 0 Å². The lowest BCUT2D eigenvalue weighted by Gasteiger charge is -2.29. The first-order valence-corrected chi connectivity index (χ1v) is 11.3. The zero-order valence-corrected chi connectivity index (χ0v) is 18.6. The van der Waals surface area contributed by atoms with Crippen molar-refractivity contribution in [3.8, 4) is 5.75 Å². The third-order valence-electron chi connectivity index (χ3n) is 5.23. The molecule has 3 heterocycles. The molecule has 1 N–H and O–H groups in total. The van der Waals surface area contributed by atoms with Crippen molar-refractivity contribution in [3.63, 3.8) is 0 Å². The van der Waals surface area contributed by atoms with Crippen LogP contribution in [0.1, 0.15) is 25.5 Å².